The second-order valence-electron chi connectivity index (χ2n) is 5.26. The van der Waals surface area contributed by atoms with Gasteiger partial charge in [0.2, 0.25) is 0 Å². The van der Waals surface area contributed by atoms with E-state index in [1.54, 1.807) is 0 Å². The summed E-state index contributed by atoms with van der Waals surface area (Å²) in [6.07, 6.45) is 0.831. The molecule has 4 heteroatoms. The van der Waals surface area contributed by atoms with Crippen LogP contribution in [0.2, 0.25) is 0 Å². The molecule has 2 N–H and O–H groups in total. The minimum absolute atomic E-state index is 0.434. The molecule has 0 saturated carbocycles. The summed E-state index contributed by atoms with van der Waals surface area (Å²) in [5, 5.41) is 6.61. The summed E-state index contributed by atoms with van der Waals surface area (Å²) in [4.78, 5) is 9.10. The van der Waals surface area contributed by atoms with E-state index in [4.69, 9.17) is 0 Å². The van der Waals surface area contributed by atoms with Gasteiger partial charge in [-0.2, -0.15) is 0 Å². The topological polar surface area (TPSA) is 49.8 Å². The molecular formula is C17H24N4. The minimum Gasteiger partial charge on any atom is -0.373 e. The van der Waals surface area contributed by atoms with E-state index >= 15 is 0 Å². The summed E-state index contributed by atoms with van der Waals surface area (Å²) in [6, 6.07) is 10.5. The third-order valence-corrected chi connectivity index (χ3v) is 3.69. The lowest BCUT2D eigenvalue weighted by molar-refractivity contribution is 0.796. The Hall–Kier alpha value is -2.10. The number of anilines is 2. The highest BCUT2D eigenvalue weighted by molar-refractivity contribution is 5.57. The lowest BCUT2D eigenvalue weighted by atomic mass is 10.0. The number of rotatable bonds is 6. The zero-order chi connectivity index (χ0) is 15.2. The molecule has 0 radical (unpaired) electrons. The summed E-state index contributed by atoms with van der Waals surface area (Å²) in [5.74, 6) is 3.12. The molecule has 1 atom stereocenters. The van der Waals surface area contributed by atoms with Gasteiger partial charge in [0.25, 0.3) is 0 Å². The van der Waals surface area contributed by atoms with Crippen molar-refractivity contribution in [1.29, 1.82) is 0 Å². The summed E-state index contributed by atoms with van der Waals surface area (Å²) >= 11 is 0. The highest BCUT2D eigenvalue weighted by atomic mass is 15.1. The molecule has 0 spiro atoms. The molecule has 21 heavy (non-hydrogen) atoms. The molecule has 2 aromatic rings. The van der Waals surface area contributed by atoms with E-state index in [1.165, 1.54) is 5.56 Å². The van der Waals surface area contributed by atoms with Gasteiger partial charge in [-0.1, -0.05) is 44.2 Å². The molecule has 1 aromatic heterocycles. The molecule has 1 heterocycles. The van der Waals surface area contributed by atoms with E-state index in [-0.39, 0.29) is 0 Å². The van der Waals surface area contributed by atoms with Crippen LogP contribution in [0.4, 0.5) is 11.6 Å². The predicted octanol–water partition coefficient (Wildman–Crippen LogP) is 3.60. The Bertz CT molecular complexity index is 581. The van der Waals surface area contributed by atoms with Crippen LogP contribution in [0.5, 0.6) is 0 Å². The number of hydrogen-bond donors (Lipinski definition) is 2. The zero-order valence-corrected chi connectivity index (χ0v) is 13.3. The van der Waals surface area contributed by atoms with Crippen LogP contribution in [0.25, 0.3) is 0 Å². The second-order valence-corrected chi connectivity index (χ2v) is 5.26. The van der Waals surface area contributed by atoms with Crippen molar-refractivity contribution in [2.45, 2.75) is 33.1 Å². The normalized spacial score (nSPS) is 12.0. The Morgan fingerprint density at radius 3 is 2.38 bits per heavy atom. The fraction of sp³-hybridized carbons (Fsp3) is 0.412. The fourth-order valence-electron chi connectivity index (χ4n) is 2.29. The molecule has 4 nitrogen and oxygen atoms in total. The number of benzene rings is 1. The van der Waals surface area contributed by atoms with Crippen molar-refractivity contribution >= 4 is 11.6 Å². The molecule has 1 unspecified atom stereocenters. The van der Waals surface area contributed by atoms with Crippen LogP contribution in [0, 0.1) is 6.92 Å². The van der Waals surface area contributed by atoms with E-state index in [9.17, 15) is 0 Å². The number of aromatic nitrogens is 2. The first-order valence-corrected chi connectivity index (χ1v) is 7.49. The van der Waals surface area contributed by atoms with Gasteiger partial charge in [0, 0.05) is 25.6 Å². The molecule has 0 bridgehead atoms. The van der Waals surface area contributed by atoms with E-state index in [1.807, 2.05) is 20.0 Å². The van der Waals surface area contributed by atoms with E-state index in [2.05, 4.69) is 58.7 Å². The van der Waals surface area contributed by atoms with Gasteiger partial charge in [-0.3, -0.25) is 0 Å². The van der Waals surface area contributed by atoms with Gasteiger partial charge >= 0.3 is 0 Å². The minimum atomic E-state index is 0.434. The molecule has 0 fully saturated rings. The third kappa shape index (κ3) is 3.72. The van der Waals surface area contributed by atoms with Gasteiger partial charge in [0.15, 0.2) is 0 Å². The largest absolute Gasteiger partial charge is 0.373 e. The van der Waals surface area contributed by atoms with Crippen LogP contribution in [0.1, 0.15) is 36.7 Å². The average molecular weight is 284 g/mol. The van der Waals surface area contributed by atoms with Gasteiger partial charge < -0.3 is 10.6 Å². The smallest absolute Gasteiger partial charge is 0.134 e. The molecule has 0 aliphatic carbocycles. The molecule has 0 saturated heterocycles. The molecule has 0 aliphatic rings. The monoisotopic (exact) mass is 284 g/mol. The Kier molecular flexibility index (Phi) is 5.14. The lowest BCUT2D eigenvalue weighted by Crippen LogP contribution is -2.14. The maximum absolute atomic E-state index is 4.60. The van der Waals surface area contributed by atoms with Gasteiger partial charge in [-0.15, -0.1) is 0 Å². The lowest BCUT2D eigenvalue weighted by Gasteiger charge is -2.17. The van der Waals surface area contributed by atoms with Crippen molar-refractivity contribution in [3.63, 3.8) is 0 Å². The molecule has 0 aliphatic heterocycles. The van der Waals surface area contributed by atoms with Crippen molar-refractivity contribution in [2.24, 2.45) is 0 Å². The Morgan fingerprint density at radius 2 is 1.76 bits per heavy atom. The van der Waals surface area contributed by atoms with Gasteiger partial charge in [-0.05, 0) is 18.4 Å². The van der Waals surface area contributed by atoms with E-state index < -0.39 is 0 Å². The van der Waals surface area contributed by atoms with Gasteiger partial charge in [0.05, 0.1) is 0 Å². The molecule has 0 amide bonds. The standard InChI is InChI=1S/C17H24N4/c1-5-15-20-16(18-4)13(3)17(21-15)19-11-12(2)14-9-7-6-8-10-14/h6-10,12H,5,11H2,1-4H3,(H2,18,19,20,21). The van der Waals surface area contributed by atoms with Crippen molar-refractivity contribution in [3.05, 3.63) is 47.3 Å². The molecule has 1 aromatic carbocycles. The quantitative estimate of drug-likeness (QED) is 0.851. The van der Waals surface area contributed by atoms with Crippen LogP contribution in [0.3, 0.4) is 0 Å². The van der Waals surface area contributed by atoms with Crippen LogP contribution < -0.4 is 10.6 Å². The summed E-state index contributed by atoms with van der Waals surface area (Å²) in [5.41, 5.74) is 2.40. The zero-order valence-electron chi connectivity index (χ0n) is 13.3. The third-order valence-electron chi connectivity index (χ3n) is 3.69. The van der Waals surface area contributed by atoms with Crippen molar-refractivity contribution in [2.75, 3.05) is 24.2 Å². The Morgan fingerprint density at radius 1 is 1.10 bits per heavy atom. The van der Waals surface area contributed by atoms with Crippen molar-refractivity contribution in [3.8, 4) is 0 Å². The van der Waals surface area contributed by atoms with Crippen LogP contribution in [-0.2, 0) is 6.42 Å². The summed E-state index contributed by atoms with van der Waals surface area (Å²) in [7, 11) is 1.89. The summed E-state index contributed by atoms with van der Waals surface area (Å²) in [6.45, 7) is 7.19. The van der Waals surface area contributed by atoms with Crippen molar-refractivity contribution < 1.29 is 0 Å². The SMILES string of the molecule is CCc1nc(NC)c(C)c(NCC(C)c2ccccc2)n1. The highest BCUT2D eigenvalue weighted by Gasteiger charge is 2.11. The van der Waals surface area contributed by atoms with E-state index in [0.29, 0.717) is 5.92 Å². The molecular weight excluding hydrogens is 260 g/mol. The van der Waals surface area contributed by atoms with Crippen molar-refractivity contribution in [1.82, 2.24) is 9.97 Å². The molecule has 2 rings (SSSR count). The first-order valence-electron chi connectivity index (χ1n) is 7.49. The number of hydrogen-bond acceptors (Lipinski definition) is 4. The average Bonchev–Trinajstić information content (AvgIpc) is 2.54. The number of nitrogens with one attached hydrogen (secondary N) is 2. The highest BCUT2D eigenvalue weighted by Crippen LogP contribution is 2.21. The van der Waals surface area contributed by atoms with Crippen LogP contribution in [-0.4, -0.2) is 23.6 Å². The van der Waals surface area contributed by atoms with Gasteiger partial charge in [0.1, 0.15) is 17.5 Å². The first kappa shape index (κ1) is 15.3. The number of nitrogens with zero attached hydrogens (tertiary/aromatic N) is 2. The van der Waals surface area contributed by atoms with Gasteiger partial charge in [-0.25, -0.2) is 9.97 Å². The maximum Gasteiger partial charge on any atom is 0.134 e. The Labute approximate surface area is 127 Å². The molecule has 112 valence electrons. The number of aryl methyl sites for hydroxylation is 1. The fourth-order valence-corrected chi connectivity index (χ4v) is 2.29. The van der Waals surface area contributed by atoms with E-state index in [0.717, 1.165) is 36.0 Å². The maximum atomic E-state index is 4.60. The summed E-state index contributed by atoms with van der Waals surface area (Å²) < 4.78 is 0. The first-order chi connectivity index (χ1) is 10.2. The predicted molar refractivity (Wildman–Crippen MR) is 89.0 cm³/mol. The van der Waals surface area contributed by atoms with Crippen LogP contribution >= 0.6 is 0 Å². The Balaban J connectivity index is 2.12. The van der Waals surface area contributed by atoms with Crippen LogP contribution in [0.15, 0.2) is 30.3 Å². The second kappa shape index (κ2) is 7.07.